The Morgan fingerprint density at radius 3 is 2.57 bits per heavy atom. The average Bonchev–Trinajstić information content (AvgIpc) is 3.15. The quantitative estimate of drug-likeness (QED) is 0.231. The van der Waals surface area contributed by atoms with E-state index in [9.17, 15) is 10.2 Å². The van der Waals surface area contributed by atoms with Gasteiger partial charge < -0.3 is 20.3 Å². The van der Waals surface area contributed by atoms with E-state index in [1.807, 2.05) is 24.3 Å². The van der Waals surface area contributed by atoms with Crippen LogP contribution in [-0.2, 0) is 6.61 Å². The molecular weight excluding hydrogens is 416 g/mol. The number of anilines is 1. The molecule has 8 heteroatoms. The Labute approximate surface area is 177 Å². The van der Waals surface area contributed by atoms with Crippen LogP contribution in [0, 0.1) is 0 Å². The van der Waals surface area contributed by atoms with Crippen molar-refractivity contribution >= 4 is 57.3 Å². The Kier molecular flexibility index (Phi) is 6.64. The number of benzene rings is 1. The number of methoxy groups -OCH3 is 1. The first-order valence-electron chi connectivity index (χ1n) is 8.27. The number of thiocarbonyl (C=S) groups is 1. The van der Waals surface area contributed by atoms with Crippen LogP contribution in [0.15, 0.2) is 60.9 Å². The number of nitrogens with one attached hydrogen (secondary N) is 1. The smallest absolute Gasteiger partial charge is 0.289 e. The zero-order chi connectivity index (χ0) is 20.1. The molecule has 0 amide bonds. The number of aromatic nitrogens is 1. The van der Waals surface area contributed by atoms with Crippen LogP contribution in [0.1, 0.15) is 10.4 Å². The molecule has 0 bridgehead atoms. The summed E-state index contributed by atoms with van der Waals surface area (Å²) in [5, 5.41) is 23.5. The number of nitrogens with zero attached hydrogens (tertiary/aromatic N) is 1. The lowest BCUT2D eigenvalue weighted by molar-refractivity contribution is -0.576. The van der Waals surface area contributed by atoms with Crippen molar-refractivity contribution in [1.29, 1.82) is 0 Å². The molecule has 0 unspecified atom stereocenters. The maximum atomic E-state index is 10.9. The molecule has 2 heterocycles. The van der Waals surface area contributed by atoms with Crippen LogP contribution in [0.25, 0.3) is 11.5 Å². The normalized spacial score (nSPS) is 11.7. The van der Waals surface area contributed by atoms with Crippen LogP contribution in [0.4, 0.5) is 5.69 Å². The van der Waals surface area contributed by atoms with Gasteiger partial charge in [-0.3, -0.25) is 0 Å². The standard InChI is InChI=1S/C20H17ClN2O3S2/c1-26-15-6-4-14(5-7-15)22-20(27)18(19(25)16-8-9-17(21)28-16)23-10-2-3-13(11-23)12-24/h2-11,24H,12H2,1H3,(H-,22,25,27)/p+1. The molecule has 3 rings (SSSR count). The monoisotopic (exact) mass is 433 g/mol. The molecule has 5 nitrogen and oxygen atoms in total. The summed E-state index contributed by atoms with van der Waals surface area (Å²) >= 11 is 12.9. The summed E-state index contributed by atoms with van der Waals surface area (Å²) < 4.78 is 7.40. The van der Waals surface area contributed by atoms with Crippen molar-refractivity contribution in [3.63, 3.8) is 0 Å². The van der Waals surface area contributed by atoms with E-state index in [1.54, 1.807) is 48.3 Å². The molecule has 0 aliphatic rings. The molecule has 0 radical (unpaired) electrons. The van der Waals surface area contributed by atoms with Gasteiger partial charge in [0.2, 0.25) is 5.76 Å². The molecule has 0 aliphatic heterocycles. The second-order valence-corrected chi connectivity index (χ2v) is 7.88. The fraction of sp³-hybridized carbons (Fsp3) is 0.100. The molecule has 28 heavy (non-hydrogen) atoms. The molecule has 1 aromatic carbocycles. The Morgan fingerprint density at radius 1 is 1.21 bits per heavy atom. The van der Waals surface area contributed by atoms with Crippen molar-refractivity contribution in [2.24, 2.45) is 0 Å². The third-order valence-corrected chi connectivity index (χ3v) is 5.43. The fourth-order valence-corrected chi connectivity index (χ4v) is 3.83. The molecule has 0 aliphatic carbocycles. The number of ether oxygens (including phenoxy) is 1. The van der Waals surface area contributed by atoms with Crippen molar-refractivity contribution < 1.29 is 19.5 Å². The molecule has 0 saturated heterocycles. The maximum absolute atomic E-state index is 10.9. The molecule has 0 fully saturated rings. The summed E-state index contributed by atoms with van der Waals surface area (Å²) in [5.41, 5.74) is 1.81. The van der Waals surface area contributed by atoms with Crippen molar-refractivity contribution in [1.82, 2.24) is 0 Å². The summed E-state index contributed by atoms with van der Waals surface area (Å²) in [6, 6.07) is 14.3. The van der Waals surface area contributed by atoms with Crippen molar-refractivity contribution in [2.75, 3.05) is 12.4 Å². The van der Waals surface area contributed by atoms with Crippen molar-refractivity contribution in [2.45, 2.75) is 6.61 Å². The van der Waals surface area contributed by atoms with Crippen LogP contribution >= 0.6 is 35.2 Å². The SMILES string of the molecule is COc1ccc(NC(=S)/C(=C(\O)c2ccc(Cl)s2)[n+]2cccc(CO)c2)cc1. The van der Waals surface area contributed by atoms with Gasteiger partial charge in [-0.05, 0) is 42.5 Å². The molecule has 0 atom stereocenters. The van der Waals surface area contributed by atoms with E-state index in [4.69, 9.17) is 28.6 Å². The van der Waals surface area contributed by atoms with Crippen LogP contribution in [0.2, 0.25) is 4.34 Å². The maximum Gasteiger partial charge on any atom is 0.289 e. The summed E-state index contributed by atoms with van der Waals surface area (Å²) in [4.78, 5) is 0.896. The third-order valence-electron chi connectivity index (χ3n) is 3.90. The Bertz CT molecular complexity index is 1020. The van der Waals surface area contributed by atoms with Gasteiger partial charge in [-0.2, -0.15) is 4.57 Å². The highest BCUT2D eigenvalue weighted by atomic mass is 35.5. The van der Waals surface area contributed by atoms with E-state index in [2.05, 4.69) is 5.32 Å². The van der Waals surface area contributed by atoms with E-state index in [-0.39, 0.29) is 12.4 Å². The van der Waals surface area contributed by atoms with Gasteiger partial charge >= 0.3 is 0 Å². The van der Waals surface area contributed by atoms with E-state index in [0.29, 0.717) is 25.5 Å². The highest BCUT2D eigenvalue weighted by Crippen LogP contribution is 2.29. The fourth-order valence-electron chi connectivity index (χ4n) is 2.53. The van der Waals surface area contributed by atoms with Crippen molar-refractivity contribution in [3.05, 3.63) is 75.7 Å². The lowest BCUT2D eigenvalue weighted by atomic mass is 10.2. The van der Waals surface area contributed by atoms with Gasteiger partial charge in [0, 0.05) is 17.3 Å². The minimum atomic E-state index is -0.127. The van der Waals surface area contributed by atoms with Gasteiger partial charge in [0.15, 0.2) is 17.4 Å². The zero-order valence-electron chi connectivity index (χ0n) is 14.9. The number of thiophene rings is 1. The van der Waals surface area contributed by atoms with Crippen LogP contribution < -0.4 is 14.6 Å². The predicted octanol–water partition coefficient (Wildman–Crippen LogP) is 4.51. The Morgan fingerprint density at radius 2 is 1.96 bits per heavy atom. The lowest BCUT2D eigenvalue weighted by Gasteiger charge is -2.10. The number of hydrogen-bond acceptors (Lipinski definition) is 5. The van der Waals surface area contributed by atoms with Crippen LogP contribution in [-0.4, -0.2) is 22.3 Å². The number of halogens is 1. The second kappa shape index (κ2) is 9.16. The number of hydrogen-bond donors (Lipinski definition) is 3. The largest absolute Gasteiger partial charge is 0.501 e. The first-order valence-corrected chi connectivity index (χ1v) is 9.88. The minimum Gasteiger partial charge on any atom is -0.501 e. The summed E-state index contributed by atoms with van der Waals surface area (Å²) in [6.07, 6.45) is 3.46. The van der Waals surface area contributed by atoms with Gasteiger partial charge in [-0.15, -0.1) is 11.3 Å². The van der Waals surface area contributed by atoms with Gasteiger partial charge in [-0.25, -0.2) is 0 Å². The Hall–Kier alpha value is -2.45. The minimum absolute atomic E-state index is 0.0111. The molecule has 2 aromatic heterocycles. The molecule has 3 aromatic rings. The third kappa shape index (κ3) is 4.69. The molecule has 0 spiro atoms. The summed E-state index contributed by atoms with van der Waals surface area (Å²) in [7, 11) is 1.60. The zero-order valence-corrected chi connectivity index (χ0v) is 17.3. The molecule has 0 saturated carbocycles. The van der Waals surface area contributed by atoms with Gasteiger partial charge in [0.1, 0.15) is 5.75 Å². The molecule has 144 valence electrons. The number of rotatable bonds is 6. The lowest BCUT2D eigenvalue weighted by Crippen LogP contribution is -2.38. The molecular formula is C20H18ClN2O3S2+. The number of pyridine rings is 1. The summed E-state index contributed by atoms with van der Waals surface area (Å²) in [5.74, 6) is 0.719. The number of aliphatic hydroxyl groups excluding tert-OH is 2. The van der Waals surface area contributed by atoms with E-state index in [1.165, 1.54) is 11.3 Å². The van der Waals surface area contributed by atoms with Crippen LogP contribution in [0.3, 0.4) is 0 Å². The van der Waals surface area contributed by atoms with E-state index < -0.39 is 0 Å². The second-order valence-electron chi connectivity index (χ2n) is 5.76. The average molecular weight is 434 g/mol. The highest BCUT2D eigenvalue weighted by Gasteiger charge is 2.25. The van der Waals surface area contributed by atoms with E-state index >= 15 is 0 Å². The summed E-state index contributed by atoms with van der Waals surface area (Å²) in [6.45, 7) is -0.127. The van der Waals surface area contributed by atoms with Crippen molar-refractivity contribution in [3.8, 4) is 5.75 Å². The predicted molar refractivity (Wildman–Crippen MR) is 117 cm³/mol. The topological polar surface area (TPSA) is 65.6 Å². The first kappa shape index (κ1) is 20.3. The van der Waals surface area contributed by atoms with Gasteiger partial charge in [0.25, 0.3) is 5.70 Å². The first-order chi connectivity index (χ1) is 13.5. The molecule has 3 N–H and O–H groups in total. The van der Waals surface area contributed by atoms with Crippen LogP contribution in [0.5, 0.6) is 5.75 Å². The van der Waals surface area contributed by atoms with Gasteiger partial charge in [-0.1, -0.05) is 23.8 Å². The Balaban J connectivity index is 2.03. The van der Waals surface area contributed by atoms with E-state index in [0.717, 1.165) is 11.4 Å². The number of aliphatic hydroxyl groups is 2. The highest BCUT2D eigenvalue weighted by molar-refractivity contribution is 7.81. The van der Waals surface area contributed by atoms with Gasteiger partial charge in [0.05, 0.1) is 22.9 Å².